The molecule has 1 heterocycles. The van der Waals surface area contributed by atoms with Crippen LogP contribution in [0.15, 0.2) is 94.7 Å². The molecule has 5 rings (SSSR count). The Labute approximate surface area is 258 Å². The van der Waals surface area contributed by atoms with Gasteiger partial charge in [0.05, 0.1) is 58.4 Å². The van der Waals surface area contributed by atoms with Gasteiger partial charge < -0.3 is 19.7 Å². The number of rotatable bonds is 10. The van der Waals surface area contributed by atoms with E-state index in [2.05, 4.69) is 14.8 Å². The molecule has 0 aromatic heterocycles. The Morgan fingerprint density at radius 1 is 0.756 bits per heavy atom. The number of sulfonamides is 2. The summed E-state index contributed by atoms with van der Waals surface area (Å²) < 4.78 is 95.4. The number of morpholine rings is 1. The van der Waals surface area contributed by atoms with Crippen LogP contribution in [0.2, 0.25) is 0 Å². The van der Waals surface area contributed by atoms with E-state index in [4.69, 9.17) is 9.47 Å². The lowest BCUT2D eigenvalue weighted by molar-refractivity contribution is 0.102. The summed E-state index contributed by atoms with van der Waals surface area (Å²) in [6, 6.07) is 18.5. The Bertz CT molecular complexity index is 1950. The normalized spacial score (nSPS) is 13.6. The van der Waals surface area contributed by atoms with E-state index in [9.17, 15) is 30.4 Å². The number of anilines is 4. The minimum Gasteiger partial charge on any atom is -0.495 e. The highest BCUT2D eigenvalue weighted by Gasteiger charge is 2.24. The van der Waals surface area contributed by atoms with Crippen molar-refractivity contribution < 1.29 is 39.9 Å². The van der Waals surface area contributed by atoms with Crippen molar-refractivity contribution >= 4 is 48.7 Å². The summed E-state index contributed by atoms with van der Waals surface area (Å²) >= 11 is 0. The first-order chi connectivity index (χ1) is 21.5. The highest BCUT2D eigenvalue weighted by Crippen LogP contribution is 2.33. The molecule has 0 spiro atoms. The highest BCUT2D eigenvalue weighted by atomic mass is 32.2. The Morgan fingerprint density at radius 3 is 2.04 bits per heavy atom. The number of hydrogen-bond donors (Lipinski definition) is 3. The molecule has 1 aliphatic heterocycles. The van der Waals surface area contributed by atoms with Crippen molar-refractivity contribution in [3.05, 3.63) is 102 Å². The van der Waals surface area contributed by atoms with Crippen molar-refractivity contribution in [2.45, 2.75) is 9.79 Å². The van der Waals surface area contributed by atoms with E-state index in [1.807, 2.05) is 4.90 Å². The van der Waals surface area contributed by atoms with E-state index in [0.717, 1.165) is 6.07 Å². The van der Waals surface area contributed by atoms with Crippen LogP contribution in [0.5, 0.6) is 5.75 Å². The number of amides is 1. The van der Waals surface area contributed by atoms with Gasteiger partial charge in [0.2, 0.25) is 0 Å². The predicted molar refractivity (Wildman–Crippen MR) is 165 cm³/mol. The lowest BCUT2D eigenvalue weighted by Crippen LogP contribution is -2.37. The molecule has 0 saturated carbocycles. The van der Waals surface area contributed by atoms with Gasteiger partial charge in [-0.2, -0.15) is 0 Å². The summed E-state index contributed by atoms with van der Waals surface area (Å²) in [6.45, 7) is 1.77. The van der Waals surface area contributed by atoms with Crippen LogP contribution in [0.3, 0.4) is 0 Å². The van der Waals surface area contributed by atoms with Crippen LogP contribution in [0.1, 0.15) is 10.4 Å². The molecule has 1 fully saturated rings. The number of carbonyl (C=O) groups excluding carboxylic acids is 1. The number of benzene rings is 4. The maximum atomic E-state index is 13.8. The van der Waals surface area contributed by atoms with E-state index in [0.29, 0.717) is 49.9 Å². The third-order valence-electron chi connectivity index (χ3n) is 6.85. The second-order valence-corrected chi connectivity index (χ2v) is 13.1. The van der Waals surface area contributed by atoms with Gasteiger partial charge in [0, 0.05) is 13.1 Å². The van der Waals surface area contributed by atoms with Crippen molar-refractivity contribution in [3.8, 4) is 5.75 Å². The fraction of sp³-hybridized carbons (Fsp3) is 0.167. The Morgan fingerprint density at radius 2 is 1.36 bits per heavy atom. The maximum Gasteiger partial charge on any atom is 0.262 e. The SMILES string of the molecule is COc1ccccc1NS(=O)(=O)c1ccc(N2CCOCC2)c(NC(=O)c2ccccc2NS(=O)(=O)c2ccc(F)c(F)c2)c1. The highest BCUT2D eigenvalue weighted by molar-refractivity contribution is 7.93. The van der Waals surface area contributed by atoms with Gasteiger partial charge in [0.25, 0.3) is 26.0 Å². The van der Waals surface area contributed by atoms with Gasteiger partial charge >= 0.3 is 0 Å². The standard InChI is InChI=1S/C30H28F2N4O7S2/c1-42-29-9-5-4-8-26(29)35-45(40,41)21-11-13-28(36-14-16-43-17-15-36)27(19-21)33-30(37)22-6-2-3-7-25(22)34-44(38,39)20-10-12-23(31)24(32)18-20/h2-13,18-19,34-35H,14-17H2,1H3,(H,33,37). The molecule has 1 aliphatic rings. The fourth-order valence-corrected chi connectivity index (χ4v) is 6.79. The Hall–Kier alpha value is -4.73. The zero-order valence-electron chi connectivity index (χ0n) is 23.8. The molecule has 1 saturated heterocycles. The van der Waals surface area contributed by atoms with Gasteiger partial charge in [-0.3, -0.25) is 14.2 Å². The largest absolute Gasteiger partial charge is 0.495 e. The van der Waals surface area contributed by atoms with Gasteiger partial charge in [0.1, 0.15) is 5.75 Å². The van der Waals surface area contributed by atoms with Gasteiger partial charge in [-0.1, -0.05) is 24.3 Å². The lowest BCUT2D eigenvalue weighted by atomic mass is 10.1. The number of carbonyl (C=O) groups is 1. The van der Waals surface area contributed by atoms with E-state index < -0.39 is 42.5 Å². The maximum absolute atomic E-state index is 13.8. The number of nitrogens with one attached hydrogen (secondary N) is 3. The molecule has 0 aliphatic carbocycles. The minimum atomic E-state index is -4.42. The van der Waals surface area contributed by atoms with Crippen LogP contribution in [-0.2, 0) is 24.8 Å². The van der Waals surface area contributed by atoms with Crippen molar-refractivity contribution in [3.63, 3.8) is 0 Å². The number of methoxy groups -OCH3 is 1. The van der Waals surface area contributed by atoms with Crippen molar-refractivity contribution in [2.75, 3.05) is 53.1 Å². The number of hydrogen-bond acceptors (Lipinski definition) is 8. The van der Waals surface area contributed by atoms with Crippen LogP contribution in [0.25, 0.3) is 0 Å². The summed E-state index contributed by atoms with van der Waals surface area (Å²) in [4.78, 5) is 14.9. The topological polar surface area (TPSA) is 143 Å². The van der Waals surface area contributed by atoms with Gasteiger partial charge in [0.15, 0.2) is 11.6 Å². The Balaban J connectivity index is 1.48. The average Bonchev–Trinajstić information content (AvgIpc) is 3.03. The second-order valence-electron chi connectivity index (χ2n) is 9.77. The van der Waals surface area contributed by atoms with E-state index >= 15 is 0 Å². The minimum absolute atomic E-state index is 0.114. The molecule has 45 heavy (non-hydrogen) atoms. The van der Waals surface area contributed by atoms with Gasteiger partial charge in [-0.15, -0.1) is 0 Å². The molecule has 0 atom stereocenters. The molecule has 0 unspecified atom stereocenters. The molecular weight excluding hydrogens is 630 g/mol. The van der Waals surface area contributed by atoms with Crippen molar-refractivity contribution in [1.29, 1.82) is 0 Å². The van der Waals surface area contributed by atoms with Crippen LogP contribution in [-0.4, -0.2) is 56.2 Å². The number of ether oxygens (including phenoxy) is 2. The summed E-state index contributed by atoms with van der Waals surface area (Å²) in [5, 5.41) is 2.72. The molecular formula is C30H28F2N4O7S2. The third-order valence-corrected chi connectivity index (χ3v) is 9.57. The van der Waals surface area contributed by atoms with E-state index in [-0.39, 0.29) is 27.5 Å². The number of nitrogens with zero attached hydrogens (tertiary/aromatic N) is 1. The first-order valence-electron chi connectivity index (χ1n) is 13.5. The number of halogens is 2. The monoisotopic (exact) mass is 658 g/mol. The van der Waals surface area contributed by atoms with E-state index in [1.54, 1.807) is 30.3 Å². The number of para-hydroxylation sites is 3. The molecule has 4 aromatic carbocycles. The lowest BCUT2D eigenvalue weighted by Gasteiger charge is -2.31. The first-order valence-corrected chi connectivity index (χ1v) is 16.5. The quantitative estimate of drug-likeness (QED) is 0.223. The molecule has 15 heteroatoms. The van der Waals surface area contributed by atoms with E-state index in [1.165, 1.54) is 43.5 Å². The smallest absolute Gasteiger partial charge is 0.262 e. The summed E-state index contributed by atoms with van der Waals surface area (Å²) in [5.41, 5.74) is 0.613. The second kappa shape index (κ2) is 13.1. The van der Waals surface area contributed by atoms with Crippen molar-refractivity contribution in [2.24, 2.45) is 0 Å². The zero-order valence-corrected chi connectivity index (χ0v) is 25.4. The zero-order chi connectivity index (χ0) is 32.2. The van der Waals surface area contributed by atoms with Crippen LogP contribution < -0.4 is 24.4 Å². The molecule has 0 radical (unpaired) electrons. The summed E-state index contributed by atoms with van der Waals surface area (Å²) in [6.07, 6.45) is 0. The molecule has 3 N–H and O–H groups in total. The van der Waals surface area contributed by atoms with Gasteiger partial charge in [-0.05, 0) is 60.7 Å². The molecule has 11 nitrogen and oxygen atoms in total. The first kappa shape index (κ1) is 31.7. The van der Waals surface area contributed by atoms with Crippen LogP contribution >= 0.6 is 0 Å². The summed E-state index contributed by atoms with van der Waals surface area (Å²) in [7, 11) is -7.17. The molecule has 0 bridgehead atoms. The van der Waals surface area contributed by atoms with Crippen LogP contribution in [0, 0.1) is 11.6 Å². The Kier molecular flexibility index (Phi) is 9.22. The molecule has 1 amide bonds. The molecule has 4 aromatic rings. The van der Waals surface area contributed by atoms with Crippen LogP contribution in [0.4, 0.5) is 31.5 Å². The van der Waals surface area contributed by atoms with Crippen molar-refractivity contribution in [1.82, 2.24) is 0 Å². The third kappa shape index (κ3) is 7.16. The fourth-order valence-electron chi connectivity index (χ4n) is 4.60. The summed E-state index contributed by atoms with van der Waals surface area (Å²) in [5.74, 6) is -3.02. The predicted octanol–water partition coefficient (Wildman–Crippen LogP) is 4.66. The molecule has 236 valence electrons. The van der Waals surface area contributed by atoms with Gasteiger partial charge in [-0.25, -0.2) is 25.6 Å². The average molecular weight is 659 g/mol.